The molecule has 0 aliphatic rings. The van der Waals surface area contributed by atoms with Crippen LogP contribution in [0.3, 0.4) is 0 Å². The summed E-state index contributed by atoms with van der Waals surface area (Å²) in [6.07, 6.45) is 0.920. The minimum atomic E-state index is -1.40. The summed E-state index contributed by atoms with van der Waals surface area (Å²) in [7, 11) is 1.20. The Bertz CT molecular complexity index is 516. The number of halogens is 1. The highest BCUT2D eigenvalue weighted by molar-refractivity contribution is 5.88. The summed E-state index contributed by atoms with van der Waals surface area (Å²) in [5.41, 5.74) is -0.823. The topological polar surface area (TPSA) is 76.5 Å². The number of pyridine rings is 1. The second-order valence-corrected chi connectivity index (χ2v) is 2.88. The molecule has 5 nitrogen and oxygen atoms in total. The van der Waals surface area contributed by atoms with Crippen molar-refractivity contribution in [3.63, 3.8) is 0 Å². The molecule has 1 N–H and O–H groups in total. The number of ether oxygens (including phenoxy) is 1. The number of rotatable bonds is 2. The van der Waals surface area contributed by atoms with E-state index in [-0.39, 0.29) is 12.1 Å². The summed E-state index contributed by atoms with van der Waals surface area (Å²) in [6, 6.07) is 1.03. The molecular weight excluding hydrogens is 229 g/mol. The van der Waals surface area contributed by atoms with E-state index in [4.69, 9.17) is 5.11 Å². The molecule has 6 heteroatoms. The number of carbonyl (C=O) groups excluding carboxylic acids is 1. The lowest BCUT2D eigenvalue weighted by Gasteiger charge is -1.97. The molecule has 0 unspecified atom stereocenters. The Morgan fingerprint density at radius 1 is 1.59 bits per heavy atom. The summed E-state index contributed by atoms with van der Waals surface area (Å²) in [6.45, 7) is 0. The quantitative estimate of drug-likeness (QED) is 0.609. The van der Waals surface area contributed by atoms with Gasteiger partial charge in [0, 0.05) is 6.20 Å². The van der Waals surface area contributed by atoms with E-state index in [1.165, 1.54) is 7.11 Å². The maximum Gasteiger partial charge on any atom is 0.338 e. The van der Waals surface area contributed by atoms with E-state index < -0.39 is 23.3 Å². The first-order valence-corrected chi connectivity index (χ1v) is 4.49. The van der Waals surface area contributed by atoms with Crippen LogP contribution in [0.4, 0.5) is 4.39 Å². The average molecular weight is 237 g/mol. The number of hydrogen-bond acceptors (Lipinski definition) is 4. The number of esters is 1. The van der Waals surface area contributed by atoms with Crippen LogP contribution in [0.1, 0.15) is 22.5 Å². The van der Waals surface area contributed by atoms with Crippen molar-refractivity contribution >= 4 is 11.9 Å². The molecule has 1 heterocycles. The molecule has 1 rings (SSSR count). The lowest BCUT2D eigenvalue weighted by atomic mass is 10.2. The van der Waals surface area contributed by atoms with Crippen LogP contribution in [-0.2, 0) is 9.53 Å². The first-order chi connectivity index (χ1) is 8.06. The summed E-state index contributed by atoms with van der Waals surface area (Å²) in [4.78, 5) is 24.9. The molecule has 0 aliphatic carbocycles. The van der Waals surface area contributed by atoms with Gasteiger partial charge in [0.25, 0.3) is 0 Å². The minimum Gasteiger partial charge on any atom is -0.478 e. The summed E-state index contributed by atoms with van der Waals surface area (Å²) in [5.74, 6) is 1.63. The fourth-order valence-electron chi connectivity index (χ4n) is 0.968. The van der Waals surface area contributed by atoms with E-state index in [1.807, 2.05) is 0 Å². The van der Waals surface area contributed by atoms with Crippen LogP contribution in [-0.4, -0.2) is 29.1 Å². The van der Waals surface area contributed by atoms with E-state index in [2.05, 4.69) is 21.6 Å². The Balaban J connectivity index is 2.96. The van der Waals surface area contributed by atoms with Crippen molar-refractivity contribution in [1.82, 2.24) is 4.98 Å². The van der Waals surface area contributed by atoms with Crippen molar-refractivity contribution < 1.29 is 23.8 Å². The minimum absolute atomic E-state index is 0.213. The van der Waals surface area contributed by atoms with Crippen LogP contribution in [0.15, 0.2) is 12.3 Å². The summed E-state index contributed by atoms with van der Waals surface area (Å²) >= 11 is 0. The third kappa shape index (κ3) is 3.28. The van der Waals surface area contributed by atoms with Crippen LogP contribution in [0.25, 0.3) is 0 Å². The average Bonchev–Trinajstić information content (AvgIpc) is 2.30. The Kier molecular flexibility index (Phi) is 4.17. The van der Waals surface area contributed by atoms with E-state index in [0.29, 0.717) is 0 Å². The predicted octanol–water partition coefficient (Wildman–Crippen LogP) is 0.833. The van der Waals surface area contributed by atoms with Gasteiger partial charge in [0.05, 0.1) is 12.7 Å². The largest absolute Gasteiger partial charge is 0.478 e. The van der Waals surface area contributed by atoms with E-state index in [0.717, 1.165) is 12.3 Å². The predicted molar refractivity (Wildman–Crippen MR) is 54.7 cm³/mol. The number of carboxylic acid groups (broad SMARTS) is 1. The molecule has 0 bridgehead atoms. The first-order valence-electron chi connectivity index (χ1n) is 4.49. The number of nitrogens with zero attached hydrogens (tertiary/aromatic N) is 1. The van der Waals surface area contributed by atoms with Crippen molar-refractivity contribution in [2.45, 2.75) is 6.42 Å². The molecule has 88 valence electrons. The van der Waals surface area contributed by atoms with Gasteiger partial charge >= 0.3 is 11.9 Å². The molecule has 0 aliphatic heterocycles. The van der Waals surface area contributed by atoms with Crippen LogP contribution in [0, 0.1) is 17.7 Å². The van der Waals surface area contributed by atoms with E-state index >= 15 is 0 Å². The third-order valence-electron chi connectivity index (χ3n) is 1.79. The second kappa shape index (κ2) is 5.61. The van der Waals surface area contributed by atoms with Gasteiger partial charge in [-0.2, -0.15) is 0 Å². The highest BCUT2D eigenvalue weighted by atomic mass is 19.1. The summed E-state index contributed by atoms with van der Waals surface area (Å²) in [5, 5.41) is 8.65. The fourth-order valence-corrected chi connectivity index (χ4v) is 0.968. The maximum atomic E-state index is 13.5. The van der Waals surface area contributed by atoms with Gasteiger partial charge in [0.1, 0.15) is 12.1 Å². The Hall–Kier alpha value is -2.42. The van der Waals surface area contributed by atoms with Crippen LogP contribution >= 0.6 is 0 Å². The molecule has 0 spiro atoms. The molecule has 0 amide bonds. The molecule has 17 heavy (non-hydrogen) atoms. The number of hydrogen-bond donors (Lipinski definition) is 1. The zero-order valence-electron chi connectivity index (χ0n) is 8.86. The number of methoxy groups -OCH3 is 1. The zero-order valence-corrected chi connectivity index (χ0v) is 8.86. The summed E-state index contributed by atoms with van der Waals surface area (Å²) < 4.78 is 17.8. The van der Waals surface area contributed by atoms with Gasteiger partial charge in [-0.15, -0.1) is 0 Å². The monoisotopic (exact) mass is 237 g/mol. The van der Waals surface area contributed by atoms with Gasteiger partial charge in [-0.3, -0.25) is 4.79 Å². The van der Waals surface area contributed by atoms with Crippen molar-refractivity contribution in [3.05, 3.63) is 29.3 Å². The van der Waals surface area contributed by atoms with Gasteiger partial charge in [-0.05, 0) is 12.0 Å². The first kappa shape index (κ1) is 12.6. The van der Waals surface area contributed by atoms with E-state index in [9.17, 15) is 14.0 Å². The van der Waals surface area contributed by atoms with Crippen LogP contribution < -0.4 is 0 Å². The Morgan fingerprint density at radius 2 is 2.29 bits per heavy atom. The molecule has 0 aromatic carbocycles. The molecule has 0 fully saturated rings. The number of carbonyl (C=O) groups is 2. The Morgan fingerprint density at radius 3 is 2.88 bits per heavy atom. The van der Waals surface area contributed by atoms with E-state index in [1.54, 1.807) is 0 Å². The van der Waals surface area contributed by atoms with Gasteiger partial charge < -0.3 is 9.84 Å². The number of aromatic carboxylic acids is 1. The normalized spacial score (nSPS) is 9.06. The van der Waals surface area contributed by atoms with Crippen LogP contribution in [0.5, 0.6) is 0 Å². The highest BCUT2D eigenvalue weighted by Gasteiger charge is 2.13. The fraction of sp³-hybridized carbons (Fsp3) is 0.182. The van der Waals surface area contributed by atoms with Crippen molar-refractivity contribution in [2.24, 2.45) is 0 Å². The smallest absolute Gasteiger partial charge is 0.338 e. The lowest BCUT2D eigenvalue weighted by molar-refractivity contribution is -0.139. The highest BCUT2D eigenvalue weighted by Crippen LogP contribution is 2.09. The second-order valence-electron chi connectivity index (χ2n) is 2.88. The van der Waals surface area contributed by atoms with Gasteiger partial charge in [-0.1, -0.05) is 5.92 Å². The molecule has 0 radical (unpaired) electrons. The number of aromatic nitrogens is 1. The molecule has 1 aromatic rings. The SMILES string of the molecule is COC(=O)CC#Cc1nccc(C(=O)O)c1F. The van der Waals surface area contributed by atoms with Crippen molar-refractivity contribution in [1.29, 1.82) is 0 Å². The third-order valence-corrected chi connectivity index (χ3v) is 1.79. The molecular formula is C11H8FNO4. The van der Waals surface area contributed by atoms with Gasteiger partial charge in [0.15, 0.2) is 5.82 Å². The Labute approximate surface area is 96.2 Å². The zero-order chi connectivity index (χ0) is 12.8. The van der Waals surface area contributed by atoms with Gasteiger partial charge in [0.2, 0.25) is 0 Å². The van der Waals surface area contributed by atoms with Crippen molar-refractivity contribution in [2.75, 3.05) is 7.11 Å². The van der Waals surface area contributed by atoms with Crippen molar-refractivity contribution in [3.8, 4) is 11.8 Å². The molecule has 1 aromatic heterocycles. The number of carboxylic acids is 1. The standard InChI is InChI=1S/C11H8FNO4/c1-17-9(14)4-2-3-8-10(12)7(11(15)16)5-6-13-8/h5-6H,4H2,1H3,(H,15,16). The molecule has 0 saturated heterocycles. The maximum absolute atomic E-state index is 13.5. The molecule has 0 atom stereocenters. The lowest BCUT2D eigenvalue weighted by Crippen LogP contribution is -2.04. The van der Waals surface area contributed by atoms with Crippen LogP contribution in [0.2, 0.25) is 0 Å². The molecule has 0 saturated carbocycles. The van der Waals surface area contributed by atoms with Gasteiger partial charge in [-0.25, -0.2) is 14.2 Å².